The van der Waals surface area contributed by atoms with Gasteiger partial charge in [0, 0.05) is 0 Å². The molecule has 9 heteroatoms. The molecule has 120 valence electrons. The van der Waals surface area contributed by atoms with Crippen LogP contribution in [0, 0.1) is 0 Å². The lowest BCUT2D eigenvalue weighted by atomic mass is 10.9. The molecule has 0 N–H and O–H groups in total. The zero-order valence-electron chi connectivity index (χ0n) is 12.7. The van der Waals surface area contributed by atoms with Crippen molar-refractivity contribution < 1.29 is 31.9 Å². The van der Waals surface area contributed by atoms with Crippen molar-refractivity contribution in [1.82, 2.24) is 0 Å². The van der Waals surface area contributed by atoms with Gasteiger partial charge in [0.25, 0.3) is 5.95 Å². The zero-order valence-corrected chi connectivity index (χ0v) is 14.4. The van der Waals surface area contributed by atoms with Gasteiger partial charge in [-0.2, -0.15) is 0 Å². The summed E-state index contributed by atoms with van der Waals surface area (Å²) >= 11 is 0. The summed E-state index contributed by atoms with van der Waals surface area (Å²) in [5.41, 5.74) is 0. The fourth-order valence-corrected chi connectivity index (χ4v) is 3.41. The van der Waals surface area contributed by atoms with Crippen molar-refractivity contribution in [3.8, 4) is 0 Å². The van der Waals surface area contributed by atoms with Crippen LogP contribution in [0.2, 0.25) is 0 Å². The largest absolute Gasteiger partial charge is 0.468 e. The Balaban J connectivity index is 4.91. The minimum Gasteiger partial charge on any atom is -0.468 e. The molecule has 0 bridgehead atoms. The van der Waals surface area contributed by atoms with Gasteiger partial charge in [0.2, 0.25) is 0 Å². The van der Waals surface area contributed by atoms with E-state index >= 15 is 0 Å². The minimum atomic E-state index is -3.40. The van der Waals surface area contributed by atoms with Crippen LogP contribution >= 0.6 is 16.2 Å². The molecule has 0 atom stereocenters. The van der Waals surface area contributed by atoms with Crippen LogP contribution in [0.4, 0.5) is 0 Å². The Morgan fingerprint density at radius 3 is 1.85 bits per heavy atom. The zero-order chi connectivity index (χ0) is 15.4. The lowest BCUT2D eigenvalue weighted by molar-refractivity contribution is 0.112. The summed E-state index contributed by atoms with van der Waals surface area (Å²) in [5, 5.41) is 0. The second-order valence-corrected chi connectivity index (χ2v) is 6.18. The van der Waals surface area contributed by atoms with E-state index in [4.69, 9.17) is 27.4 Å². The predicted octanol–water partition coefficient (Wildman–Crippen LogP) is 4.01. The Labute approximate surface area is 122 Å². The third-order valence-electron chi connectivity index (χ3n) is 1.72. The van der Waals surface area contributed by atoms with Gasteiger partial charge in [0.15, 0.2) is 0 Å². The molecule has 0 amide bonds. The summed E-state index contributed by atoms with van der Waals surface area (Å²) < 4.78 is 43.6. The first kappa shape index (κ1) is 19.8. The summed E-state index contributed by atoms with van der Waals surface area (Å²) in [4.78, 5) is 0. The SMILES string of the molecule is CCOP(OCC)O/C(=C\P(=O)(OCC)OCC)OC. The molecule has 0 saturated carbocycles. The molecule has 0 heterocycles. The van der Waals surface area contributed by atoms with Gasteiger partial charge in [-0.3, -0.25) is 4.57 Å². The second kappa shape index (κ2) is 11.5. The summed E-state index contributed by atoms with van der Waals surface area (Å²) in [6.45, 7) is 8.43. The molecule has 0 aromatic carbocycles. The molecule has 0 rings (SSSR count). The first-order valence-electron chi connectivity index (χ1n) is 6.44. The van der Waals surface area contributed by atoms with Crippen LogP contribution < -0.4 is 0 Å². The van der Waals surface area contributed by atoms with E-state index in [0.29, 0.717) is 13.2 Å². The number of hydrogen-bond donors (Lipinski definition) is 0. The maximum atomic E-state index is 12.3. The molecule has 20 heavy (non-hydrogen) atoms. The number of ether oxygens (including phenoxy) is 1. The smallest absolute Gasteiger partial charge is 0.399 e. The summed E-state index contributed by atoms with van der Waals surface area (Å²) in [5.74, 6) is 1.18. The fourth-order valence-electron chi connectivity index (χ4n) is 1.09. The van der Waals surface area contributed by atoms with Gasteiger partial charge < -0.3 is 27.4 Å². The van der Waals surface area contributed by atoms with Crippen LogP contribution in [0.15, 0.2) is 11.8 Å². The van der Waals surface area contributed by atoms with Crippen LogP contribution in [0.25, 0.3) is 0 Å². The summed E-state index contributed by atoms with van der Waals surface area (Å²) in [6.07, 6.45) is 0. The van der Waals surface area contributed by atoms with Crippen LogP contribution in [0.1, 0.15) is 27.7 Å². The summed E-state index contributed by atoms with van der Waals surface area (Å²) in [6, 6.07) is 0. The Morgan fingerprint density at radius 2 is 1.50 bits per heavy atom. The van der Waals surface area contributed by atoms with Crippen molar-refractivity contribution in [3.05, 3.63) is 11.8 Å². The van der Waals surface area contributed by atoms with E-state index in [1.54, 1.807) is 13.8 Å². The molecule has 0 aliphatic heterocycles. The highest BCUT2D eigenvalue weighted by atomic mass is 31.2. The third kappa shape index (κ3) is 8.20. The Kier molecular flexibility index (Phi) is 11.4. The fraction of sp³-hybridized carbons (Fsp3) is 0.818. The van der Waals surface area contributed by atoms with E-state index in [1.165, 1.54) is 12.9 Å². The molecule has 0 unspecified atom stereocenters. The molecular weight excluding hydrogens is 306 g/mol. The van der Waals surface area contributed by atoms with Crippen molar-refractivity contribution in [2.45, 2.75) is 27.7 Å². The molecule has 0 aliphatic rings. The van der Waals surface area contributed by atoms with Crippen LogP contribution in [0.3, 0.4) is 0 Å². The third-order valence-corrected chi connectivity index (χ3v) is 4.75. The van der Waals surface area contributed by atoms with E-state index in [1.807, 2.05) is 13.8 Å². The molecular formula is C11H24O7P2. The lowest BCUT2D eigenvalue weighted by Gasteiger charge is -2.18. The van der Waals surface area contributed by atoms with E-state index in [2.05, 4.69) is 0 Å². The molecule has 0 aromatic rings. The molecule has 0 spiro atoms. The van der Waals surface area contributed by atoms with E-state index in [0.717, 1.165) is 0 Å². The van der Waals surface area contributed by atoms with E-state index in [9.17, 15) is 4.57 Å². The highest BCUT2D eigenvalue weighted by molar-refractivity contribution is 7.57. The lowest BCUT2D eigenvalue weighted by Crippen LogP contribution is -2.00. The standard InChI is InChI=1S/C11H24O7P2/c1-6-14-19(15-7-2)18-11(13-5)10-20(12,16-8-3)17-9-4/h10H,6-9H2,1-5H3/b11-10-. The van der Waals surface area contributed by atoms with E-state index in [-0.39, 0.29) is 19.2 Å². The van der Waals surface area contributed by atoms with E-state index < -0.39 is 16.2 Å². The van der Waals surface area contributed by atoms with Crippen molar-refractivity contribution in [2.75, 3.05) is 33.5 Å². The first-order valence-corrected chi connectivity index (χ1v) is 9.15. The highest BCUT2D eigenvalue weighted by Crippen LogP contribution is 2.52. The minimum absolute atomic E-state index is 0.0109. The average Bonchev–Trinajstić information content (AvgIpc) is 2.39. The quantitative estimate of drug-likeness (QED) is 0.395. The van der Waals surface area contributed by atoms with Crippen molar-refractivity contribution in [2.24, 2.45) is 0 Å². The highest BCUT2D eigenvalue weighted by Gasteiger charge is 2.25. The number of rotatable bonds is 12. The van der Waals surface area contributed by atoms with Gasteiger partial charge in [0.1, 0.15) is 5.82 Å². The van der Waals surface area contributed by atoms with Crippen LogP contribution in [-0.4, -0.2) is 33.5 Å². The molecule has 0 radical (unpaired) electrons. The molecule has 7 nitrogen and oxygen atoms in total. The monoisotopic (exact) mass is 330 g/mol. The van der Waals surface area contributed by atoms with Crippen molar-refractivity contribution in [1.29, 1.82) is 0 Å². The maximum absolute atomic E-state index is 12.3. The Hall–Kier alpha value is -0.160. The normalized spacial score (nSPS) is 12.8. The van der Waals surface area contributed by atoms with Crippen molar-refractivity contribution >= 4 is 16.2 Å². The Morgan fingerprint density at radius 1 is 1.00 bits per heavy atom. The van der Waals surface area contributed by atoms with Gasteiger partial charge in [0.05, 0.1) is 33.5 Å². The van der Waals surface area contributed by atoms with Gasteiger partial charge in [-0.15, -0.1) is 0 Å². The average molecular weight is 330 g/mol. The van der Waals surface area contributed by atoms with Crippen LogP contribution in [0.5, 0.6) is 0 Å². The maximum Gasteiger partial charge on any atom is 0.399 e. The first-order chi connectivity index (χ1) is 9.55. The molecule has 0 saturated heterocycles. The number of hydrogen-bond acceptors (Lipinski definition) is 7. The summed E-state index contributed by atoms with van der Waals surface area (Å²) in [7, 11) is -3.61. The van der Waals surface area contributed by atoms with Gasteiger partial charge in [-0.05, 0) is 27.7 Å². The molecule has 0 aliphatic carbocycles. The predicted molar refractivity (Wildman–Crippen MR) is 77.2 cm³/mol. The molecule has 0 aromatic heterocycles. The number of methoxy groups -OCH3 is 1. The van der Waals surface area contributed by atoms with Gasteiger partial charge in [-0.25, -0.2) is 0 Å². The van der Waals surface area contributed by atoms with Crippen molar-refractivity contribution in [3.63, 3.8) is 0 Å². The van der Waals surface area contributed by atoms with Gasteiger partial charge in [-0.1, -0.05) is 0 Å². The topological polar surface area (TPSA) is 72.5 Å². The Bertz CT molecular complexity index is 306. The second-order valence-electron chi connectivity index (χ2n) is 3.18. The van der Waals surface area contributed by atoms with Gasteiger partial charge >= 0.3 is 16.2 Å². The molecule has 0 fully saturated rings. The van der Waals surface area contributed by atoms with Crippen LogP contribution in [-0.2, 0) is 31.9 Å².